The zero-order chi connectivity index (χ0) is 11.7. The van der Waals surface area contributed by atoms with E-state index in [1.807, 2.05) is 0 Å². The van der Waals surface area contributed by atoms with Crippen LogP contribution in [-0.2, 0) is 4.74 Å². The van der Waals surface area contributed by atoms with E-state index < -0.39 is 5.97 Å². The maximum Gasteiger partial charge on any atom is 0.358 e. The van der Waals surface area contributed by atoms with Crippen molar-refractivity contribution in [1.29, 1.82) is 0 Å². The van der Waals surface area contributed by atoms with E-state index >= 15 is 0 Å². The van der Waals surface area contributed by atoms with Crippen LogP contribution in [0.1, 0.15) is 23.1 Å². The van der Waals surface area contributed by atoms with Crippen molar-refractivity contribution in [2.24, 2.45) is 0 Å². The summed E-state index contributed by atoms with van der Waals surface area (Å²) in [6.07, 6.45) is 1.51. The summed E-state index contributed by atoms with van der Waals surface area (Å²) in [5.74, 6) is -0.313. The van der Waals surface area contributed by atoms with Crippen molar-refractivity contribution in [3.05, 3.63) is 29.7 Å². The minimum atomic E-state index is -0.441. The monoisotopic (exact) mass is 220 g/mol. The molecule has 2 rings (SSSR count). The highest BCUT2D eigenvalue weighted by atomic mass is 16.5. The van der Waals surface area contributed by atoms with Gasteiger partial charge in [-0.2, -0.15) is 0 Å². The van der Waals surface area contributed by atoms with E-state index in [4.69, 9.17) is 4.74 Å². The first-order valence-electron chi connectivity index (χ1n) is 4.98. The van der Waals surface area contributed by atoms with Gasteiger partial charge < -0.3 is 9.84 Å². The van der Waals surface area contributed by atoms with Crippen LogP contribution in [-0.4, -0.2) is 27.1 Å². The largest absolute Gasteiger partial charge is 0.506 e. The van der Waals surface area contributed by atoms with Crippen molar-refractivity contribution in [1.82, 2.24) is 9.38 Å². The van der Waals surface area contributed by atoms with Crippen LogP contribution in [0.5, 0.6) is 5.75 Å². The van der Waals surface area contributed by atoms with E-state index in [0.717, 1.165) is 0 Å². The molecule has 1 N–H and O–H groups in total. The normalized spacial score (nSPS) is 10.6. The second kappa shape index (κ2) is 3.84. The van der Waals surface area contributed by atoms with Gasteiger partial charge in [-0.25, -0.2) is 9.78 Å². The minimum Gasteiger partial charge on any atom is -0.506 e. The number of fused-ring (bicyclic) bond motifs is 1. The summed E-state index contributed by atoms with van der Waals surface area (Å²) in [4.78, 5) is 15.7. The topological polar surface area (TPSA) is 63.8 Å². The predicted octanol–water partition coefficient (Wildman–Crippen LogP) is 1.53. The molecule has 0 aliphatic rings. The van der Waals surface area contributed by atoms with Crippen molar-refractivity contribution in [3.63, 3.8) is 0 Å². The molecule has 2 aromatic rings. The molecule has 0 aliphatic heterocycles. The molecular weight excluding hydrogens is 208 g/mol. The lowest BCUT2D eigenvalue weighted by Crippen LogP contribution is -2.06. The second-order valence-electron chi connectivity index (χ2n) is 3.38. The SMILES string of the molecule is CCOC(=O)c1nc2ccc(O)cn2c1C. The number of aromatic nitrogens is 2. The zero-order valence-corrected chi connectivity index (χ0v) is 9.10. The Bertz CT molecular complexity index is 545. The summed E-state index contributed by atoms with van der Waals surface area (Å²) in [6.45, 7) is 3.82. The van der Waals surface area contributed by atoms with Gasteiger partial charge in [0.15, 0.2) is 5.69 Å². The van der Waals surface area contributed by atoms with Gasteiger partial charge in [0.1, 0.15) is 11.4 Å². The third-order valence-electron chi connectivity index (χ3n) is 2.31. The Balaban J connectivity index is 2.56. The highest BCUT2D eigenvalue weighted by Crippen LogP contribution is 2.16. The molecule has 0 saturated carbocycles. The van der Waals surface area contributed by atoms with Gasteiger partial charge in [-0.05, 0) is 26.0 Å². The molecule has 0 aromatic carbocycles. The van der Waals surface area contributed by atoms with Crippen LogP contribution in [0.15, 0.2) is 18.3 Å². The molecule has 0 amide bonds. The number of aryl methyl sites for hydroxylation is 1. The maximum absolute atomic E-state index is 11.6. The zero-order valence-electron chi connectivity index (χ0n) is 9.10. The molecule has 0 bridgehead atoms. The molecule has 0 saturated heterocycles. The molecule has 2 aromatic heterocycles. The van der Waals surface area contributed by atoms with Crippen LogP contribution in [0, 0.1) is 6.92 Å². The van der Waals surface area contributed by atoms with E-state index in [9.17, 15) is 9.90 Å². The number of ether oxygens (including phenoxy) is 1. The summed E-state index contributed by atoms with van der Waals surface area (Å²) in [5.41, 5.74) is 1.55. The summed E-state index contributed by atoms with van der Waals surface area (Å²) in [7, 11) is 0. The predicted molar refractivity (Wildman–Crippen MR) is 57.6 cm³/mol. The molecule has 16 heavy (non-hydrogen) atoms. The van der Waals surface area contributed by atoms with Crippen molar-refractivity contribution >= 4 is 11.6 Å². The van der Waals surface area contributed by atoms with Crippen molar-refractivity contribution in [2.75, 3.05) is 6.61 Å². The standard InChI is InChI=1S/C11H12N2O3/c1-3-16-11(15)10-7(2)13-6-8(14)4-5-9(13)12-10/h4-6,14H,3H2,1-2H3. The lowest BCUT2D eigenvalue weighted by Gasteiger charge is -1.99. The molecule has 0 unspecified atom stereocenters. The Morgan fingerprint density at radius 1 is 1.56 bits per heavy atom. The number of nitrogens with zero attached hydrogens (tertiary/aromatic N) is 2. The van der Waals surface area contributed by atoms with Gasteiger partial charge in [0, 0.05) is 0 Å². The Morgan fingerprint density at radius 3 is 3.00 bits per heavy atom. The lowest BCUT2D eigenvalue weighted by atomic mass is 10.3. The first-order chi connectivity index (χ1) is 7.63. The van der Waals surface area contributed by atoms with Gasteiger partial charge in [0.2, 0.25) is 0 Å². The van der Waals surface area contributed by atoms with Crippen molar-refractivity contribution in [2.45, 2.75) is 13.8 Å². The van der Waals surface area contributed by atoms with Gasteiger partial charge in [-0.15, -0.1) is 0 Å². The van der Waals surface area contributed by atoms with E-state index in [-0.39, 0.29) is 11.4 Å². The van der Waals surface area contributed by atoms with Crippen LogP contribution < -0.4 is 0 Å². The van der Waals surface area contributed by atoms with E-state index in [2.05, 4.69) is 4.98 Å². The van der Waals surface area contributed by atoms with Gasteiger partial charge in [0.05, 0.1) is 18.5 Å². The highest BCUT2D eigenvalue weighted by Gasteiger charge is 2.16. The number of pyridine rings is 1. The lowest BCUT2D eigenvalue weighted by molar-refractivity contribution is 0.0519. The van der Waals surface area contributed by atoms with E-state index in [1.165, 1.54) is 12.3 Å². The molecule has 0 aliphatic carbocycles. The minimum absolute atomic E-state index is 0.128. The summed E-state index contributed by atoms with van der Waals surface area (Å²) in [6, 6.07) is 3.17. The van der Waals surface area contributed by atoms with Crippen LogP contribution in [0.3, 0.4) is 0 Å². The Labute approximate surface area is 92.3 Å². The highest BCUT2D eigenvalue weighted by molar-refractivity contribution is 5.89. The van der Waals surface area contributed by atoms with Crippen LogP contribution in [0.4, 0.5) is 0 Å². The average Bonchev–Trinajstić information content (AvgIpc) is 2.57. The first kappa shape index (κ1) is 10.5. The smallest absolute Gasteiger partial charge is 0.358 e. The molecule has 0 radical (unpaired) electrons. The molecular formula is C11H12N2O3. The van der Waals surface area contributed by atoms with E-state index in [1.54, 1.807) is 24.3 Å². The number of rotatable bonds is 2. The Kier molecular flexibility index (Phi) is 2.52. The molecule has 84 valence electrons. The second-order valence-corrected chi connectivity index (χ2v) is 3.38. The number of esters is 1. The number of hydrogen-bond acceptors (Lipinski definition) is 4. The fourth-order valence-electron chi connectivity index (χ4n) is 1.54. The Hall–Kier alpha value is -2.04. The summed E-state index contributed by atoms with van der Waals surface area (Å²) in [5, 5.41) is 9.34. The van der Waals surface area contributed by atoms with E-state index in [0.29, 0.717) is 17.9 Å². The molecule has 5 heteroatoms. The quantitative estimate of drug-likeness (QED) is 0.779. The summed E-state index contributed by atoms with van der Waals surface area (Å²) >= 11 is 0. The number of carbonyl (C=O) groups is 1. The fraction of sp³-hybridized carbons (Fsp3) is 0.273. The van der Waals surface area contributed by atoms with Crippen molar-refractivity contribution < 1.29 is 14.6 Å². The fourth-order valence-corrected chi connectivity index (χ4v) is 1.54. The number of aromatic hydroxyl groups is 1. The molecule has 0 fully saturated rings. The number of hydrogen-bond donors (Lipinski definition) is 1. The van der Waals surface area contributed by atoms with Gasteiger partial charge in [-0.1, -0.05) is 0 Å². The Morgan fingerprint density at radius 2 is 2.31 bits per heavy atom. The number of imidazole rings is 1. The van der Waals surface area contributed by atoms with Gasteiger partial charge in [0.25, 0.3) is 0 Å². The van der Waals surface area contributed by atoms with Crippen molar-refractivity contribution in [3.8, 4) is 5.75 Å². The first-order valence-corrected chi connectivity index (χ1v) is 4.98. The van der Waals surface area contributed by atoms with Gasteiger partial charge >= 0.3 is 5.97 Å². The molecule has 0 atom stereocenters. The third-order valence-corrected chi connectivity index (χ3v) is 2.31. The van der Waals surface area contributed by atoms with Crippen LogP contribution >= 0.6 is 0 Å². The number of carbonyl (C=O) groups excluding carboxylic acids is 1. The summed E-state index contributed by atoms with van der Waals surface area (Å²) < 4.78 is 6.55. The van der Waals surface area contributed by atoms with Crippen LogP contribution in [0.25, 0.3) is 5.65 Å². The third kappa shape index (κ3) is 1.60. The molecule has 2 heterocycles. The average molecular weight is 220 g/mol. The maximum atomic E-state index is 11.6. The van der Waals surface area contributed by atoms with Gasteiger partial charge in [-0.3, -0.25) is 4.40 Å². The molecule has 5 nitrogen and oxygen atoms in total. The molecule has 0 spiro atoms. The van der Waals surface area contributed by atoms with Crippen LogP contribution in [0.2, 0.25) is 0 Å².